The molecule has 1 aromatic rings. The number of benzene rings is 1. The SMILES string of the molecule is CC1(C)CCCC1C(=O)N(CC(=O)O)c1ccccc1N. The minimum atomic E-state index is -1.04. The highest BCUT2D eigenvalue weighted by molar-refractivity contribution is 6.01. The highest BCUT2D eigenvalue weighted by Gasteiger charge is 2.42. The number of aliphatic carboxylic acids is 1. The molecule has 0 heterocycles. The van der Waals surface area contributed by atoms with Crippen molar-refractivity contribution in [3.8, 4) is 0 Å². The molecule has 1 saturated carbocycles. The van der Waals surface area contributed by atoms with E-state index in [0.717, 1.165) is 19.3 Å². The fourth-order valence-corrected chi connectivity index (χ4v) is 3.12. The molecule has 0 spiro atoms. The zero-order chi connectivity index (χ0) is 15.6. The zero-order valence-electron chi connectivity index (χ0n) is 12.5. The number of carboxylic acid groups (broad SMARTS) is 1. The van der Waals surface area contributed by atoms with E-state index in [9.17, 15) is 9.59 Å². The maximum atomic E-state index is 12.9. The van der Waals surface area contributed by atoms with E-state index in [0.29, 0.717) is 11.4 Å². The van der Waals surface area contributed by atoms with Gasteiger partial charge in [0.15, 0.2) is 0 Å². The lowest BCUT2D eigenvalue weighted by atomic mass is 9.81. The second-order valence-electron chi connectivity index (χ2n) is 6.31. The van der Waals surface area contributed by atoms with Gasteiger partial charge in [0, 0.05) is 5.92 Å². The minimum Gasteiger partial charge on any atom is -0.480 e. The van der Waals surface area contributed by atoms with Crippen molar-refractivity contribution in [3.63, 3.8) is 0 Å². The number of hydrogen-bond donors (Lipinski definition) is 2. The summed E-state index contributed by atoms with van der Waals surface area (Å²) in [5.74, 6) is -1.34. The van der Waals surface area contributed by atoms with Crippen LogP contribution in [-0.4, -0.2) is 23.5 Å². The van der Waals surface area contributed by atoms with Crippen LogP contribution in [0.2, 0.25) is 0 Å². The van der Waals surface area contributed by atoms with Crippen LogP contribution in [0, 0.1) is 11.3 Å². The van der Waals surface area contributed by atoms with Crippen molar-refractivity contribution < 1.29 is 14.7 Å². The number of para-hydroxylation sites is 2. The summed E-state index contributed by atoms with van der Waals surface area (Å²) in [5.41, 5.74) is 6.71. The quantitative estimate of drug-likeness (QED) is 0.835. The number of nitrogen functional groups attached to an aromatic ring is 1. The first kappa shape index (κ1) is 15.4. The number of rotatable bonds is 4. The largest absolute Gasteiger partial charge is 0.480 e. The molecule has 1 aliphatic carbocycles. The maximum absolute atomic E-state index is 12.9. The third-order valence-electron chi connectivity index (χ3n) is 4.34. The second-order valence-corrected chi connectivity index (χ2v) is 6.31. The van der Waals surface area contributed by atoms with Crippen molar-refractivity contribution in [2.45, 2.75) is 33.1 Å². The molecule has 5 nitrogen and oxygen atoms in total. The van der Waals surface area contributed by atoms with Gasteiger partial charge >= 0.3 is 5.97 Å². The second kappa shape index (κ2) is 5.76. The van der Waals surface area contributed by atoms with E-state index in [4.69, 9.17) is 10.8 Å². The van der Waals surface area contributed by atoms with Gasteiger partial charge in [0.05, 0.1) is 11.4 Å². The number of hydrogen-bond acceptors (Lipinski definition) is 3. The summed E-state index contributed by atoms with van der Waals surface area (Å²) in [5, 5.41) is 9.12. The zero-order valence-corrected chi connectivity index (χ0v) is 12.5. The summed E-state index contributed by atoms with van der Waals surface area (Å²) in [4.78, 5) is 25.3. The van der Waals surface area contributed by atoms with Crippen LogP contribution in [-0.2, 0) is 9.59 Å². The van der Waals surface area contributed by atoms with Crippen molar-refractivity contribution >= 4 is 23.3 Å². The smallest absolute Gasteiger partial charge is 0.323 e. The number of carboxylic acids is 1. The molecule has 1 atom stereocenters. The Balaban J connectivity index is 2.35. The molecule has 0 bridgehead atoms. The van der Waals surface area contributed by atoms with Gasteiger partial charge in [-0.25, -0.2) is 0 Å². The van der Waals surface area contributed by atoms with Crippen LogP contribution in [0.4, 0.5) is 11.4 Å². The van der Waals surface area contributed by atoms with E-state index in [-0.39, 0.29) is 23.8 Å². The van der Waals surface area contributed by atoms with Gasteiger partial charge in [0.25, 0.3) is 0 Å². The fourth-order valence-electron chi connectivity index (χ4n) is 3.12. The van der Waals surface area contributed by atoms with Crippen LogP contribution in [0.5, 0.6) is 0 Å². The molecule has 5 heteroatoms. The van der Waals surface area contributed by atoms with Crippen molar-refractivity contribution in [2.24, 2.45) is 11.3 Å². The molecule has 0 aromatic heterocycles. The molecule has 1 aromatic carbocycles. The standard InChI is InChI=1S/C16H22N2O3/c1-16(2)9-5-6-11(16)15(21)18(10-14(19)20)13-8-4-3-7-12(13)17/h3-4,7-8,11H,5-6,9-10,17H2,1-2H3,(H,19,20). The van der Waals surface area contributed by atoms with Crippen molar-refractivity contribution in [2.75, 3.05) is 17.2 Å². The van der Waals surface area contributed by atoms with Gasteiger partial charge in [0.1, 0.15) is 6.54 Å². The molecule has 1 amide bonds. The highest BCUT2D eigenvalue weighted by Crippen LogP contribution is 2.44. The van der Waals surface area contributed by atoms with Gasteiger partial charge in [-0.2, -0.15) is 0 Å². The summed E-state index contributed by atoms with van der Waals surface area (Å²) in [6.07, 6.45) is 2.78. The lowest BCUT2D eigenvalue weighted by Gasteiger charge is -2.31. The van der Waals surface area contributed by atoms with Crippen LogP contribution in [0.1, 0.15) is 33.1 Å². The molecular formula is C16H22N2O3. The Kier molecular flexibility index (Phi) is 4.21. The average Bonchev–Trinajstić information content (AvgIpc) is 2.75. The molecule has 1 aliphatic rings. The van der Waals surface area contributed by atoms with E-state index in [2.05, 4.69) is 13.8 Å². The van der Waals surface area contributed by atoms with Gasteiger partial charge in [0.2, 0.25) is 5.91 Å². The number of nitrogens with two attached hydrogens (primary N) is 1. The summed E-state index contributed by atoms with van der Waals surface area (Å²) in [6, 6.07) is 6.89. The summed E-state index contributed by atoms with van der Waals surface area (Å²) >= 11 is 0. The van der Waals surface area contributed by atoms with Gasteiger partial charge in [-0.3, -0.25) is 14.5 Å². The molecule has 114 valence electrons. The van der Waals surface area contributed by atoms with Crippen molar-refractivity contribution in [1.82, 2.24) is 0 Å². The van der Waals surface area contributed by atoms with Crippen LogP contribution < -0.4 is 10.6 Å². The predicted octanol–water partition coefficient (Wildman–Crippen LogP) is 2.51. The number of carbonyl (C=O) groups is 2. The first-order valence-electron chi connectivity index (χ1n) is 7.20. The minimum absolute atomic E-state index is 0.0998. The first-order chi connectivity index (χ1) is 9.83. The van der Waals surface area contributed by atoms with Gasteiger partial charge in [-0.1, -0.05) is 32.4 Å². The Morgan fingerprint density at radius 2 is 2.05 bits per heavy atom. The van der Waals surface area contributed by atoms with Crippen molar-refractivity contribution in [1.29, 1.82) is 0 Å². The van der Waals surface area contributed by atoms with Crippen LogP contribution in [0.3, 0.4) is 0 Å². The Bertz CT molecular complexity index is 554. The van der Waals surface area contributed by atoms with Gasteiger partial charge < -0.3 is 10.8 Å². The Morgan fingerprint density at radius 3 is 2.57 bits per heavy atom. The molecule has 0 saturated heterocycles. The Hall–Kier alpha value is -2.04. The molecular weight excluding hydrogens is 268 g/mol. The monoisotopic (exact) mass is 290 g/mol. The summed E-state index contributed by atoms with van der Waals surface area (Å²) in [6.45, 7) is 3.77. The molecule has 2 rings (SSSR count). The van der Waals surface area contributed by atoms with E-state index in [1.165, 1.54) is 4.90 Å². The normalized spacial score (nSPS) is 20.2. The Labute approximate surface area is 124 Å². The first-order valence-corrected chi connectivity index (χ1v) is 7.20. The highest BCUT2D eigenvalue weighted by atomic mass is 16.4. The number of carbonyl (C=O) groups excluding carboxylic acids is 1. The van der Waals surface area contributed by atoms with Gasteiger partial charge in [-0.05, 0) is 30.4 Å². The van der Waals surface area contributed by atoms with E-state index >= 15 is 0 Å². The van der Waals surface area contributed by atoms with E-state index in [1.807, 2.05) is 0 Å². The van der Waals surface area contributed by atoms with E-state index < -0.39 is 5.97 Å². The molecule has 0 aliphatic heterocycles. The third-order valence-corrected chi connectivity index (χ3v) is 4.34. The summed E-state index contributed by atoms with van der Waals surface area (Å²) in [7, 11) is 0. The Morgan fingerprint density at radius 1 is 1.38 bits per heavy atom. The van der Waals surface area contributed by atoms with Gasteiger partial charge in [-0.15, -0.1) is 0 Å². The number of amides is 1. The van der Waals surface area contributed by atoms with Crippen LogP contribution in [0.25, 0.3) is 0 Å². The number of nitrogens with zero attached hydrogens (tertiary/aromatic N) is 1. The lowest BCUT2D eigenvalue weighted by molar-refractivity contribution is -0.137. The topological polar surface area (TPSA) is 83.6 Å². The maximum Gasteiger partial charge on any atom is 0.323 e. The van der Waals surface area contributed by atoms with Crippen LogP contribution >= 0.6 is 0 Å². The summed E-state index contributed by atoms with van der Waals surface area (Å²) < 4.78 is 0. The fraction of sp³-hybridized carbons (Fsp3) is 0.500. The molecule has 3 N–H and O–H groups in total. The van der Waals surface area contributed by atoms with Crippen LogP contribution in [0.15, 0.2) is 24.3 Å². The average molecular weight is 290 g/mol. The number of anilines is 2. The van der Waals surface area contributed by atoms with Crippen molar-refractivity contribution in [3.05, 3.63) is 24.3 Å². The molecule has 0 radical (unpaired) electrons. The predicted molar refractivity (Wildman–Crippen MR) is 82.0 cm³/mol. The molecule has 21 heavy (non-hydrogen) atoms. The van der Waals surface area contributed by atoms with E-state index in [1.54, 1.807) is 24.3 Å². The molecule has 1 fully saturated rings. The molecule has 1 unspecified atom stereocenters. The lowest BCUT2D eigenvalue weighted by Crippen LogP contribution is -2.43. The third kappa shape index (κ3) is 3.17.